The van der Waals surface area contributed by atoms with Gasteiger partial charge in [0.05, 0.1) is 28.8 Å². The molecule has 3 aromatic carbocycles. The van der Waals surface area contributed by atoms with E-state index in [9.17, 15) is 18.3 Å². The van der Waals surface area contributed by atoms with Crippen LogP contribution in [0.3, 0.4) is 0 Å². The Hall–Kier alpha value is -3.51. The molecule has 2 aliphatic heterocycles. The maximum Gasteiger partial charge on any atom is 0.262 e. The molecule has 10 nitrogen and oxygen atoms in total. The smallest absolute Gasteiger partial charge is 0.262 e. The summed E-state index contributed by atoms with van der Waals surface area (Å²) < 4.78 is 46.7. The molecule has 0 fully saturated rings. The van der Waals surface area contributed by atoms with Gasteiger partial charge in [0.25, 0.3) is 15.9 Å². The second-order valence-electron chi connectivity index (χ2n) is 10.7. The highest BCUT2D eigenvalue weighted by Crippen LogP contribution is 2.37. The van der Waals surface area contributed by atoms with Crippen LogP contribution in [0.5, 0.6) is 17.2 Å². The van der Waals surface area contributed by atoms with Gasteiger partial charge in [-0.2, -0.15) is 0 Å². The van der Waals surface area contributed by atoms with Crippen molar-refractivity contribution in [1.82, 2.24) is 9.80 Å². The summed E-state index contributed by atoms with van der Waals surface area (Å²) in [4.78, 5) is 17.5. The molecule has 1 amide bonds. The largest absolute Gasteiger partial charge is 0.486 e. The summed E-state index contributed by atoms with van der Waals surface area (Å²) in [5.74, 6) is 1.05. The first kappa shape index (κ1) is 30.0. The highest BCUT2D eigenvalue weighted by molar-refractivity contribution is 7.92. The molecule has 0 aromatic heterocycles. The predicted octanol–water partition coefficient (Wildman–Crippen LogP) is 4.22. The van der Waals surface area contributed by atoms with Crippen molar-refractivity contribution in [1.29, 1.82) is 0 Å². The first-order chi connectivity index (χ1) is 20.1. The Balaban J connectivity index is 1.46. The molecule has 3 aromatic rings. The molecule has 224 valence electrons. The number of aliphatic hydroxyl groups is 1. The number of nitrogens with zero attached hydrogens (tertiary/aromatic N) is 2. The molecule has 0 saturated heterocycles. The number of carbonyl (C=O) groups is 1. The van der Waals surface area contributed by atoms with Gasteiger partial charge in [-0.1, -0.05) is 30.7 Å². The minimum atomic E-state index is -4.02. The number of benzene rings is 3. The molecular weight excluding hydrogens is 582 g/mol. The van der Waals surface area contributed by atoms with Gasteiger partial charge in [-0.05, 0) is 68.1 Å². The van der Waals surface area contributed by atoms with Crippen LogP contribution in [-0.2, 0) is 16.6 Å². The zero-order valence-corrected chi connectivity index (χ0v) is 25.2. The molecule has 0 radical (unpaired) electrons. The number of likely N-dealkylation sites (N-methyl/N-ethyl adjacent to an activating group) is 1. The van der Waals surface area contributed by atoms with Gasteiger partial charge in [-0.3, -0.25) is 14.4 Å². The molecular formula is C30H34ClN3O7S. The third-order valence-corrected chi connectivity index (χ3v) is 9.07. The molecule has 2 aliphatic rings. The number of carbonyl (C=O) groups excluding carboxylic acids is 1. The molecule has 0 spiro atoms. The van der Waals surface area contributed by atoms with E-state index in [1.54, 1.807) is 30.0 Å². The van der Waals surface area contributed by atoms with Crippen molar-refractivity contribution in [3.63, 3.8) is 0 Å². The fourth-order valence-electron chi connectivity index (χ4n) is 5.08. The van der Waals surface area contributed by atoms with E-state index in [1.165, 1.54) is 24.3 Å². The molecule has 3 atom stereocenters. The number of hydrogen-bond acceptors (Lipinski definition) is 8. The number of anilines is 1. The van der Waals surface area contributed by atoms with Crippen molar-refractivity contribution in [2.24, 2.45) is 5.92 Å². The number of rotatable bonds is 9. The van der Waals surface area contributed by atoms with Crippen LogP contribution in [0.2, 0.25) is 5.02 Å². The van der Waals surface area contributed by atoms with Gasteiger partial charge >= 0.3 is 0 Å². The molecule has 5 rings (SSSR count). The molecule has 0 bridgehead atoms. The minimum absolute atomic E-state index is 0.0191. The zero-order valence-electron chi connectivity index (χ0n) is 23.6. The topological polar surface area (TPSA) is 118 Å². The van der Waals surface area contributed by atoms with E-state index in [-0.39, 0.29) is 47.1 Å². The van der Waals surface area contributed by atoms with Crippen molar-refractivity contribution in [2.75, 3.05) is 38.3 Å². The monoisotopic (exact) mass is 615 g/mol. The molecule has 0 unspecified atom stereocenters. The van der Waals surface area contributed by atoms with Crippen LogP contribution in [0.15, 0.2) is 65.6 Å². The van der Waals surface area contributed by atoms with Crippen LogP contribution < -0.4 is 18.9 Å². The summed E-state index contributed by atoms with van der Waals surface area (Å²) in [6, 6.07) is 15.9. The molecule has 0 saturated carbocycles. The SMILES string of the molecule is C[C@H]1CN([C@@H](C)CO)C(=O)c2cccc(NS(=O)(=O)c3ccc(Cl)cc3)c2O[C@H]1CN(C)Cc1ccc2c(c1)OCO2. The fraction of sp³-hybridized carbons (Fsp3) is 0.367. The maximum atomic E-state index is 13.7. The van der Waals surface area contributed by atoms with Crippen molar-refractivity contribution >= 4 is 33.2 Å². The second-order valence-corrected chi connectivity index (χ2v) is 12.9. The van der Waals surface area contributed by atoms with Crippen LogP contribution in [0.4, 0.5) is 5.69 Å². The Morgan fingerprint density at radius 3 is 2.60 bits per heavy atom. The van der Waals surface area contributed by atoms with Crippen LogP contribution in [-0.4, -0.2) is 74.9 Å². The summed E-state index contributed by atoms with van der Waals surface area (Å²) in [5.41, 5.74) is 1.38. The van der Waals surface area contributed by atoms with E-state index >= 15 is 0 Å². The Labute approximate surface area is 250 Å². The number of amides is 1. The van der Waals surface area contributed by atoms with Gasteiger partial charge in [0, 0.05) is 30.6 Å². The van der Waals surface area contributed by atoms with E-state index in [4.69, 9.17) is 25.8 Å². The van der Waals surface area contributed by atoms with Crippen LogP contribution in [0, 0.1) is 5.92 Å². The van der Waals surface area contributed by atoms with Gasteiger partial charge < -0.3 is 24.2 Å². The Morgan fingerprint density at radius 1 is 1.12 bits per heavy atom. The van der Waals surface area contributed by atoms with Crippen LogP contribution >= 0.6 is 11.6 Å². The van der Waals surface area contributed by atoms with Gasteiger partial charge in [0.2, 0.25) is 6.79 Å². The molecule has 12 heteroatoms. The number of halogens is 1. The Kier molecular flexibility index (Phi) is 8.84. The fourth-order valence-corrected chi connectivity index (χ4v) is 6.27. The van der Waals surface area contributed by atoms with E-state index in [0.29, 0.717) is 36.2 Å². The summed E-state index contributed by atoms with van der Waals surface area (Å²) in [7, 11) is -2.06. The van der Waals surface area contributed by atoms with Crippen LogP contribution in [0.1, 0.15) is 29.8 Å². The number of sulfonamides is 1. The van der Waals surface area contributed by atoms with Crippen molar-refractivity contribution in [2.45, 2.75) is 37.4 Å². The summed E-state index contributed by atoms with van der Waals surface area (Å²) in [6.07, 6.45) is -0.426. The van der Waals surface area contributed by atoms with Crippen molar-refractivity contribution in [3.05, 3.63) is 76.8 Å². The summed E-state index contributed by atoms with van der Waals surface area (Å²) in [5, 5.41) is 10.4. The highest BCUT2D eigenvalue weighted by Gasteiger charge is 2.35. The number of ether oxygens (including phenoxy) is 3. The summed E-state index contributed by atoms with van der Waals surface area (Å²) in [6.45, 7) is 5.16. The first-order valence-electron chi connectivity index (χ1n) is 13.6. The van der Waals surface area contributed by atoms with E-state index < -0.39 is 22.2 Å². The standard InChI is InChI=1S/C30H34ClN3O7S/c1-19-14-34(20(2)17-35)30(36)24-5-4-6-25(32-42(37,38)23-10-8-22(31)9-11-23)29(24)41-28(19)16-33(3)15-21-7-12-26-27(13-21)40-18-39-26/h4-13,19-20,28,32,35H,14-18H2,1-3H3/t19-,20-,28-/m0/s1. The van der Waals surface area contributed by atoms with E-state index in [0.717, 1.165) is 5.56 Å². The molecule has 42 heavy (non-hydrogen) atoms. The Morgan fingerprint density at radius 2 is 1.86 bits per heavy atom. The lowest BCUT2D eigenvalue weighted by Gasteiger charge is -2.38. The number of aliphatic hydroxyl groups excluding tert-OH is 1. The normalized spacial score (nSPS) is 19.1. The number of para-hydroxylation sites is 1. The average Bonchev–Trinajstić information content (AvgIpc) is 3.43. The van der Waals surface area contributed by atoms with E-state index in [1.807, 2.05) is 32.2 Å². The second kappa shape index (κ2) is 12.4. The highest BCUT2D eigenvalue weighted by atomic mass is 35.5. The van der Waals surface area contributed by atoms with Crippen LogP contribution in [0.25, 0.3) is 0 Å². The lowest BCUT2D eigenvalue weighted by molar-refractivity contribution is 0.0344. The number of hydrogen-bond donors (Lipinski definition) is 2. The average molecular weight is 616 g/mol. The third-order valence-electron chi connectivity index (χ3n) is 7.44. The predicted molar refractivity (Wildman–Crippen MR) is 159 cm³/mol. The number of fused-ring (bicyclic) bond motifs is 2. The maximum absolute atomic E-state index is 13.7. The lowest BCUT2D eigenvalue weighted by Crippen LogP contribution is -2.49. The number of nitrogens with one attached hydrogen (secondary N) is 1. The third kappa shape index (κ3) is 6.44. The van der Waals surface area contributed by atoms with E-state index in [2.05, 4.69) is 9.62 Å². The van der Waals surface area contributed by atoms with Gasteiger partial charge in [-0.25, -0.2) is 8.42 Å². The Bertz CT molecular complexity index is 1550. The molecule has 2 N–H and O–H groups in total. The molecule has 2 heterocycles. The summed E-state index contributed by atoms with van der Waals surface area (Å²) >= 11 is 5.95. The van der Waals surface area contributed by atoms with Crippen molar-refractivity contribution < 1.29 is 32.5 Å². The lowest BCUT2D eigenvalue weighted by atomic mass is 9.99. The zero-order chi connectivity index (χ0) is 30.0. The molecule has 0 aliphatic carbocycles. The van der Waals surface area contributed by atoms with Crippen molar-refractivity contribution in [3.8, 4) is 17.2 Å². The quantitative estimate of drug-likeness (QED) is 0.367. The minimum Gasteiger partial charge on any atom is -0.486 e. The van der Waals surface area contributed by atoms with Gasteiger partial charge in [0.15, 0.2) is 17.2 Å². The first-order valence-corrected chi connectivity index (χ1v) is 15.5. The van der Waals surface area contributed by atoms with Gasteiger partial charge in [0.1, 0.15) is 6.10 Å². The van der Waals surface area contributed by atoms with Gasteiger partial charge in [-0.15, -0.1) is 0 Å².